The minimum absolute atomic E-state index is 0.150. The fourth-order valence-electron chi connectivity index (χ4n) is 3.67. The van der Waals surface area contributed by atoms with Crippen molar-refractivity contribution in [3.63, 3.8) is 0 Å². The first-order chi connectivity index (χ1) is 12.6. The van der Waals surface area contributed by atoms with Crippen LogP contribution in [0.25, 0.3) is 22.0 Å². The number of rotatable bonds is 2. The van der Waals surface area contributed by atoms with Crippen LogP contribution in [0.4, 0.5) is 18.9 Å². The van der Waals surface area contributed by atoms with Gasteiger partial charge in [-0.25, -0.2) is 13.2 Å². The van der Waals surface area contributed by atoms with Crippen LogP contribution in [0.1, 0.15) is 24.3 Å². The fraction of sp³-hybridized carbons (Fsp3) is 0.250. The van der Waals surface area contributed by atoms with Crippen molar-refractivity contribution in [1.29, 1.82) is 0 Å². The van der Waals surface area contributed by atoms with E-state index >= 15 is 0 Å². The van der Waals surface area contributed by atoms with Crippen LogP contribution in [0.5, 0.6) is 0 Å². The predicted octanol–water partition coefficient (Wildman–Crippen LogP) is 4.80. The summed E-state index contributed by atoms with van der Waals surface area (Å²) >= 11 is 0. The van der Waals surface area contributed by atoms with E-state index in [1.165, 1.54) is 6.20 Å². The van der Waals surface area contributed by atoms with Crippen LogP contribution in [-0.2, 0) is 4.74 Å². The molecule has 0 spiro atoms. The molecule has 0 amide bonds. The van der Waals surface area contributed by atoms with Crippen LogP contribution >= 0.6 is 0 Å². The van der Waals surface area contributed by atoms with Crippen LogP contribution in [0.2, 0.25) is 0 Å². The fourth-order valence-corrected chi connectivity index (χ4v) is 3.67. The van der Waals surface area contributed by atoms with Crippen molar-refractivity contribution < 1.29 is 17.9 Å². The second-order valence-corrected chi connectivity index (χ2v) is 6.46. The molecule has 0 saturated carbocycles. The molecule has 1 aromatic heterocycles. The van der Waals surface area contributed by atoms with Crippen molar-refractivity contribution in [2.45, 2.75) is 18.8 Å². The van der Waals surface area contributed by atoms with Crippen LogP contribution in [0.15, 0.2) is 36.5 Å². The summed E-state index contributed by atoms with van der Waals surface area (Å²) in [6.07, 6.45) is 3.19. The Balaban J connectivity index is 1.96. The second-order valence-electron chi connectivity index (χ2n) is 6.46. The number of ether oxygens (including phenoxy) is 1. The second kappa shape index (κ2) is 6.61. The lowest BCUT2D eigenvalue weighted by Crippen LogP contribution is -2.16. The molecule has 0 unspecified atom stereocenters. The number of aromatic nitrogens is 1. The summed E-state index contributed by atoms with van der Waals surface area (Å²) in [5.41, 5.74) is 8.36. The van der Waals surface area contributed by atoms with E-state index < -0.39 is 17.5 Å². The average Bonchev–Trinajstić information content (AvgIpc) is 2.64. The lowest BCUT2D eigenvalue weighted by atomic mass is 9.87. The molecule has 0 aliphatic carbocycles. The molecule has 0 atom stereocenters. The zero-order chi connectivity index (χ0) is 18.3. The minimum Gasteiger partial charge on any atom is -0.397 e. The topological polar surface area (TPSA) is 48.1 Å². The summed E-state index contributed by atoms with van der Waals surface area (Å²) in [4.78, 5) is 4.35. The maximum absolute atomic E-state index is 14.3. The molecule has 2 N–H and O–H groups in total. The van der Waals surface area contributed by atoms with Crippen molar-refractivity contribution in [1.82, 2.24) is 4.98 Å². The van der Waals surface area contributed by atoms with Gasteiger partial charge in [0, 0.05) is 35.8 Å². The maximum Gasteiger partial charge on any atom is 0.166 e. The van der Waals surface area contributed by atoms with Crippen molar-refractivity contribution in [3.05, 3.63) is 59.5 Å². The van der Waals surface area contributed by atoms with Crippen molar-refractivity contribution >= 4 is 16.6 Å². The standard InChI is InChI=1S/C20H17F3N2O/c21-12-8-15(19(23)16(22)9-12)13-2-1-3-14-18(11-4-6-26-7-5-11)17(24)10-25-20(13)14/h1-3,8-11H,4-7,24H2. The van der Waals surface area contributed by atoms with Crippen molar-refractivity contribution in [3.8, 4) is 11.1 Å². The maximum atomic E-state index is 14.3. The van der Waals surface area contributed by atoms with E-state index in [9.17, 15) is 13.2 Å². The lowest BCUT2D eigenvalue weighted by molar-refractivity contribution is 0.0857. The van der Waals surface area contributed by atoms with Gasteiger partial charge in [0.1, 0.15) is 5.82 Å². The molecule has 1 fully saturated rings. The minimum atomic E-state index is -1.22. The number of hydrogen-bond acceptors (Lipinski definition) is 3. The van der Waals surface area contributed by atoms with Crippen LogP contribution < -0.4 is 5.73 Å². The quantitative estimate of drug-likeness (QED) is 0.670. The molecule has 4 rings (SSSR count). The number of nitrogens with zero attached hydrogens (tertiary/aromatic N) is 1. The van der Waals surface area contributed by atoms with E-state index in [-0.39, 0.29) is 11.5 Å². The first-order valence-electron chi connectivity index (χ1n) is 8.46. The Morgan fingerprint density at radius 3 is 2.58 bits per heavy atom. The summed E-state index contributed by atoms with van der Waals surface area (Å²) in [6, 6.07) is 6.71. The molecule has 1 saturated heterocycles. The SMILES string of the molecule is Nc1cnc2c(-c3cc(F)cc(F)c3F)cccc2c1C1CCOCC1. The number of pyridine rings is 1. The Bertz CT molecular complexity index is 984. The highest BCUT2D eigenvalue weighted by Gasteiger charge is 2.23. The number of fused-ring (bicyclic) bond motifs is 1. The first-order valence-corrected chi connectivity index (χ1v) is 8.46. The van der Waals surface area contributed by atoms with Gasteiger partial charge in [-0.3, -0.25) is 4.98 Å². The third-order valence-corrected chi connectivity index (χ3v) is 4.88. The molecular weight excluding hydrogens is 341 g/mol. The molecule has 134 valence electrons. The van der Waals surface area contributed by atoms with Gasteiger partial charge in [0.2, 0.25) is 0 Å². The number of nitrogen functional groups attached to an aromatic ring is 1. The van der Waals surface area contributed by atoms with Crippen LogP contribution in [0, 0.1) is 17.5 Å². The summed E-state index contributed by atoms with van der Waals surface area (Å²) in [5, 5.41) is 0.776. The van der Waals surface area contributed by atoms with Gasteiger partial charge in [-0.2, -0.15) is 0 Å². The van der Waals surface area contributed by atoms with Gasteiger partial charge >= 0.3 is 0 Å². The Kier molecular flexibility index (Phi) is 4.28. The molecule has 2 aromatic carbocycles. The zero-order valence-corrected chi connectivity index (χ0v) is 13.9. The summed E-state index contributed by atoms with van der Waals surface area (Å²) in [6.45, 7) is 1.30. The molecule has 0 radical (unpaired) electrons. The highest BCUT2D eigenvalue weighted by atomic mass is 19.2. The van der Waals surface area contributed by atoms with Gasteiger partial charge in [0.15, 0.2) is 11.6 Å². The predicted molar refractivity (Wildman–Crippen MR) is 94.3 cm³/mol. The average molecular weight is 358 g/mol. The highest BCUT2D eigenvalue weighted by molar-refractivity contribution is 5.97. The van der Waals surface area contributed by atoms with Gasteiger partial charge in [0.25, 0.3) is 0 Å². The largest absolute Gasteiger partial charge is 0.397 e. The van der Waals surface area contributed by atoms with E-state index in [0.29, 0.717) is 36.0 Å². The molecule has 6 heteroatoms. The number of nitrogens with two attached hydrogens (primary N) is 1. The van der Waals surface area contributed by atoms with Gasteiger partial charge < -0.3 is 10.5 Å². The number of benzene rings is 2. The Morgan fingerprint density at radius 1 is 1.04 bits per heavy atom. The van der Waals surface area contributed by atoms with Crippen molar-refractivity contribution in [2.75, 3.05) is 18.9 Å². The molecule has 3 aromatic rings. The third kappa shape index (κ3) is 2.80. The smallest absolute Gasteiger partial charge is 0.166 e. The number of halogens is 3. The van der Waals surface area contributed by atoms with E-state index in [4.69, 9.17) is 10.5 Å². The van der Waals surface area contributed by atoms with E-state index in [1.807, 2.05) is 6.07 Å². The van der Waals surface area contributed by atoms with E-state index in [1.54, 1.807) is 12.1 Å². The van der Waals surface area contributed by atoms with Gasteiger partial charge in [0.05, 0.1) is 17.4 Å². The van der Waals surface area contributed by atoms with Gasteiger partial charge in [-0.1, -0.05) is 18.2 Å². The third-order valence-electron chi connectivity index (χ3n) is 4.88. The summed E-state index contributed by atoms with van der Waals surface area (Å²) in [7, 11) is 0. The van der Waals surface area contributed by atoms with Crippen molar-refractivity contribution in [2.24, 2.45) is 0 Å². The Morgan fingerprint density at radius 2 is 1.81 bits per heavy atom. The van der Waals surface area contributed by atoms with E-state index in [0.717, 1.165) is 29.9 Å². The van der Waals surface area contributed by atoms with Gasteiger partial charge in [-0.05, 0) is 30.4 Å². The normalized spacial score (nSPS) is 15.5. The zero-order valence-electron chi connectivity index (χ0n) is 13.9. The molecule has 1 aliphatic heterocycles. The molecule has 3 nitrogen and oxygen atoms in total. The first kappa shape index (κ1) is 16.8. The Labute approximate surface area is 148 Å². The van der Waals surface area contributed by atoms with Crippen LogP contribution in [0.3, 0.4) is 0 Å². The van der Waals surface area contributed by atoms with Gasteiger partial charge in [-0.15, -0.1) is 0 Å². The molecule has 26 heavy (non-hydrogen) atoms. The monoisotopic (exact) mass is 358 g/mol. The summed E-state index contributed by atoms with van der Waals surface area (Å²) in [5.74, 6) is -2.95. The number of anilines is 1. The Hall–Kier alpha value is -2.60. The molecule has 2 heterocycles. The number of para-hydroxylation sites is 1. The summed E-state index contributed by atoms with van der Waals surface area (Å²) < 4.78 is 47.1. The highest BCUT2D eigenvalue weighted by Crippen LogP contribution is 2.39. The molecule has 1 aliphatic rings. The molecular formula is C20H17F3N2O. The van der Waals surface area contributed by atoms with E-state index in [2.05, 4.69) is 4.98 Å². The lowest BCUT2D eigenvalue weighted by Gasteiger charge is -2.25. The van der Waals surface area contributed by atoms with Crippen LogP contribution in [-0.4, -0.2) is 18.2 Å². The molecule has 0 bridgehead atoms. The number of hydrogen-bond donors (Lipinski definition) is 1.